The standard InChI is InChI=1S/C20H25ClN2O5S/c1-5-23(13-20(24)22-17-12-15(21)7-9-19(17)27-4)29(25,26)16-8-10-18(28-6-2)14(3)11-16/h7-12H,5-6,13H2,1-4H3,(H,22,24). The first-order valence-electron chi connectivity index (χ1n) is 9.09. The molecule has 0 spiro atoms. The Morgan fingerprint density at radius 3 is 2.41 bits per heavy atom. The number of anilines is 1. The number of benzene rings is 2. The van der Waals surface area contributed by atoms with Gasteiger partial charge in [0.1, 0.15) is 11.5 Å². The molecule has 0 bridgehead atoms. The van der Waals surface area contributed by atoms with Crippen molar-refractivity contribution in [2.75, 3.05) is 32.1 Å². The van der Waals surface area contributed by atoms with E-state index in [0.717, 1.165) is 4.31 Å². The lowest BCUT2D eigenvalue weighted by molar-refractivity contribution is -0.116. The number of carbonyl (C=O) groups excluding carboxylic acids is 1. The molecule has 0 atom stereocenters. The molecule has 2 rings (SSSR count). The lowest BCUT2D eigenvalue weighted by Crippen LogP contribution is -2.37. The average Bonchev–Trinajstić information content (AvgIpc) is 2.67. The molecule has 0 aromatic heterocycles. The summed E-state index contributed by atoms with van der Waals surface area (Å²) in [6, 6.07) is 9.44. The van der Waals surface area contributed by atoms with Crippen molar-refractivity contribution < 1.29 is 22.7 Å². The lowest BCUT2D eigenvalue weighted by Gasteiger charge is -2.21. The molecule has 0 saturated carbocycles. The first-order chi connectivity index (χ1) is 13.7. The van der Waals surface area contributed by atoms with Crippen molar-refractivity contribution in [2.45, 2.75) is 25.7 Å². The largest absolute Gasteiger partial charge is 0.495 e. The molecule has 2 aromatic carbocycles. The monoisotopic (exact) mass is 440 g/mol. The van der Waals surface area contributed by atoms with Crippen molar-refractivity contribution in [2.24, 2.45) is 0 Å². The summed E-state index contributed by atoms with van der Waals surface area (Å²) in [5.41, 5.74) is 1.08. The van der Waals surface area contributed by atoms with Gasteiger partial charge in [0.2, 0.25) is 15.9 Å². The molecular weight excluding hydrogens is 416 g/mol. The molecular formula is C20H25ClN2O5S. The second-order valence-electron chi connectivity index (χ2n) is 6.18. The van der Waals surface area contributed by atoms with E-state index in [-0.39, 0.29) is 18.0 Å². The Morgan fingerprint density at radius 2 is 1.83 bits per heavy atom. The summed E-state index contributed by atoms with van der Waals surface area (Å²) >= 11 is 5.97. The number of sulfonamides is 1. The van der Waals surface area contributed by atoms with Crippen LogP contribution in [-0.4, -0.2) is 45.4 Å². The third-order valence-corrected chi connectivity index (χ3v) is 6.34. The highest BCUT2D eigenvalue weighted by Crippen LogP contribution is 2.28. The minimum Gasteiger partial charge on any atom is -0.495 e. The van der Waals surface area contributed by atoms with Gasteiger partial charge in [-0.15, -0.1) is 0 Å². The van der Waals surface area contributed by atoms with E-state index < -0.39 is 15.9 Å². The summed E-state index contributed by atoms with van der Waals surface area (Å²) < 4.78 is 37.8. The predicted molar refractivity (Wildman–Crippen MR) is 113 cm³/mol. The number of rotatable bonds is 9. The Hall–Kier alpha value is -2.29. The van der Waals surface area contributed by atoms with Crippen LogP contribution in [0.5, 0.6) is 11.5 Å². The molecule has 7 nitrogen and oxygen atoms in total. The van der Waals surface area contributed by atoms with Crippen LogP contribution in [0.2, 0.25) is 5.02 Å². The number of likely N-dealkylation sites (N-methyl/N-ethyl adjacent to an activating group) is 1. The van der Waals surface area contributed by atoms with Crippen LogP contribution in [0.3, 0.4) is 0 Å². The third-order valence-electron chi connectivity index (χ3n) is 4.19. The Labute approximate surface area is 176 Å². The van der Waals surface area contributed by atoms with Crippen LogP contribution in [0.1, 0.15) is 19.4 Å². The molecule has 0 radical (unpaired) electrons. The van der Waals surface area contributed by atoms with Gasteiger partial charge in [-0.3, -0.25) is 4.79 Å². The van der Waals surface area contributed by atoms with Crippen LogP contribution < -0.4 is 14.8 Å². The van der Waals surface area contributed by atoms with Gasteiger partial charge >= 0.3 is 0 Å². The number of amides is 1. The summed E-state index contributed by atoms with van der Waals surface area (Å²) in [6.07, 6.45) is 0. The number of ether oxygens (including phenoxy) is 2. The summed E-state index contributed by atoms with van der Waals surface area (Å²) in [7, 11) is -2.39. The zero-order chi connectivity index (χ0) is 21.6. The zero-order valence-corrected chi connectivity index (χ0v) is 18.4. The van der Waals surface area contributed by atoms with Crippen molar-refractivity contribution in [3.63, 3.8) is 0 Å². The van der Waals surface area contributed by atoms with Gasteiger partial charge < -0.3 is 14.8 Å². The van der Waals surface area contributed by atoms with Crippen LogP contribution >= 0.6 is 11.6 Å². The summed E-state index contributed by atoms with van der Waals surface area (Å²) in [5, 5.41) is 3.08. The maximum atomic E-state index is 13.0. The second kappa shape index (κ2) is 9.96. The number of nitrogens with one attached hydrogen (secondary N) is 1. The minimum absolute atomic E-state index is 0.105. The van der Waals surface area contributed by atoms with Crippen LogP contribution in [-0.2, 0) is 14.8 Å². The molecule has 0 fully saturated rings. The van der Waals surface area contributed by atoms with E-state index in [9.17, 15) is 13.2 Å². The van der Waals surface area contributed by atoms with Gasteiger partial charge in [-0.1, -0.05) is 18.5 Å². The summed E-state index contributed by atoms with van der Waals surface area (Å²) in [4.78, 5) is 12.6. The van der Waals surface area contributed by atoms with E-state index in [1.807, 2.05) is 6.92 Å². The molecule has 0 unspecified atom stereocenters. The Bertz CT molecular complexity index is 979. The first-order valence-corrected chi connectivity index (χ1v) is 10.9. The number of nitrogens with zero attached hydrogens (tertiary/aromatic N) is 1. The maximum Gasteiger partial charge on any atom is 0.243 e. The molecule has 0 aliphatic rings. The molecule has 1 amide bonds. The summed E-state index contributed by atoms with van der Waals surface area (Å²) in [6.45, 7) is 5.58. The quantitative estimate of drug-likeness (QED) is 0.642. The average molecular weight is 441 g/mol. The van der Waals surface area contributed by atoms with Gasteiger partial charge in [0.05, 0.1) is 30.8 Å². The van der Waals surface area contributed by atoms with Gasteiger partial charge in [-0.25, -0.2) is 8.42 Å². The molecule has 0 aliphatic carbocycles. The van der Waals surface area contributed by atoms with Gasteiger partial charge in [0.15, 0.2) is 0 Å². The molecule has 0 aliphatic heterocycles. The van der Waals surface area contributed by atoms with E-state index in [1.165, 1.54) is 13.2 Å². The number of aryl methyl sites for hydroxylation is 1. The van der Waals surface area contributed by atoms with Crippen LogP contribution in [0.15, 0.2) is 41.3 Å². The highest BCUT2D eigenvalue weighted by molar-refractivity contribution is 7.89. The first kappa shape index (κ1) is 23.0. The van der Waals surface area contributed by atoms with Gasteiger partial charge in [-0.05, 0) is 55.8 Å². The predicted octanol–water partition coefficient (Wildman–Crippen LogP) is 3.71. The van der Waals surface area contributed by atoms with Crippen LogP contribution in [0.25, 0.3) is 0 Å². The minimum atomic E-state index is -3.86. The molecule has 1 N–H and O–H groups in total. The Kier molecular flexibility index (Phi) is 7.89. The van der Waals surface area contributed by atoms with Crippen molar-refractivity contribution >= 4 is 33.2 Å². The van der Waals surface area contributed by atoms with Crippen molar-refractivity contribution in [1.82, 2.24) is 4.31 Å². The highest BCUT2D eigenvalue weighted by Gasteiger charge is 2.26. The lowest BCUT2D eigenvalue weighted by atomic mass is 10.2. The Balaban J connectivity index is 2.21. The number of carbonyl (C=O) groups is 1. The number of methoxy groups -OCH3 is 1. The van der Waals surface area contributed by atoms with E-state index in [0.29, 0.717) is 34.4 Å². The van der Waals surface area contributed by atoms with Gasteiger partial charge in [-0.2, -0.15) is 4.31 Å². The van der Waals surface area contributed by atoms with E-state index in [4.69, 9.17) is 21.1 Å². The fourth-order valence-electron chi connectivity index (χ4n) is 2.74. The molecule has 2 aromatic rings. The fraction of sp³-hybridized carbons (Fsp3) is 0.350. The van der Waals surface area contributed by atoms with Crippen molar-refractivity contribution in [3.8, 4) is 11.5 Å². The van der Waals surface area contributed by atoms with E-state index in [1.54, 1.807) is 44.2 Å². The second-order valence-corrected chi connectivity index (χ2v) is 8.56. The zero-order valence-electron chi connectivity index (χ0n) is 16.9. The van der Waals surface area contributed by atoms with Crippen molar-refractivity contribution in [3.05, 3.63) is 47.0 Å². The van der Waals surface area contributed by atoms with Gasteiger partial charge in [0.25, 0.3) is 0 Å². The molecule has 0 saturated heterocycles. The SMILES string of the molecule is CCOc1ccc(S(=O)(=O)N(CC)CC(=O)Nc2cc(Cl)ccc2OC)cc1C. The molecule has 9 heteroatoms. The highest BCUT2D eigenvalue weighted by atomic mass is 35.5. The normalized spacial score (nSPS) is 11.4. The third kappa shape index (κ3) is 5.62. The Morgan fingerprint density at radius 1 is 1.14 bits per heavy atom. The van der Waals surface area contributed by atoms with Crippen molar-refractivity contribution in [1.29, 1.82) is 0 Å². The molecule has 0 heterocycles. The smallest absolute Gasteiger partial charge is 0.243 e. The van der Waals surface area contributed by atoms with Gasteiger partial charge in [0, 0.05) is 11.6 Å². The van der Waals surface area contributed by atoms with Crippen LogP contribution in [0, 0.1) is 6.92 Å². The summed E-state index contributed by atoms with van der Waals surface area (Å²) in [5.74, 6) is 0.551. The number of halogens is 1. The van der Waals surface area contributed by atoms with E-state index >= 15 is 0 Å². The molecule has 29 heavy (non-hydrogen) atoms. The van der Waals surface area contributed by atoms with Crippen LogP contribution in [0.4, 0.5) is 5.69 Å². The molecule has 158 valence electrons. The number of hydrogen-bond donors (Lipinski definition) is 1. The fourth-order valence-corrected chi connectivity index (χ4v) is 4.41. The van der Waals surface area contributed by atoms with E-state index in [2.05, 4.69) is 5.32 Å². The maximum absolute atomic E-state index is 13.0. The number of hydrogen-bond acceptors (Lipinski definition) is 5. The topological polar surface area (TPSA) is 84.9 Å².